The summed E-state index contributed by atoms with van der Waals surface area (Å²) in [5.74, 6) is -1.06. The molecule has 0 aliphatic carbocycles. The van der Waals surface area contributed by atoms with Gasteiger partial charge in [0.2, 0.25) is 0 Å². The number of anilines is 1. The molecule has 0 spiro atoms. The molecule has 0 saturated carbocycles. The van der Waals surface area contributed by atoms with Gasteiger partial charge in [-0.2, -0.15) is 0 Å². The lowest BCUT2D eigenvalue weighted by atomic mass is 10.1. The molecular formula is C9H15N4O8P. The Labute approximate surface area is 123 Å². The molecule has 0 radical (unpaired) electrons. The standard InChI is InChI=1S/C9H15N4O8P/c10-7-4(8(11)16)12-2-13(7)9-6(15)5(14)3(21-9)1-20-22(17,18)19/h2-3,5-6,9,14-15H,1,10H2,(H2,11,16)(H2,17,18,19)/t3-,5?,6?,9-/m1/s1. The molecule has 1 aliphatic rings. The molecule has 124 valence electrons. The number of phosphoric ester groups is 1. The summed E-state index contributed by atoms with van der Waals surface area (Å²) in [5.41, 5.74) is 10.5. The van der Waals surface area contributed by atoms with Gasteiger partial charge in [-0.25, -0.2) is 9.55 Å². The lowest BCUT2D eigenvalue weighted by Gasteiger charge is -2.17. The second-order valence-electron chi connectivity index (χ2n) is 4.58. The zero-order valence-electron chi connectivity index (χ0n) is 11.0. The molecule has 4 atom stereocenters. The predicted octanol–water partition coefficient (Wildman–Crippen LogP) is -2.71. The van der Waals surface area contributed by atoms with Crippen molar-refractivity contribution in [2.24, 2.45) is 5.73 Å². The summed E-state index contributed by atoms with van der Waals surface area (Å²) < 4.78 is 21.2. The van der Waals surface area contributed by atoms with Crippen molar-refractivity contribution in [1.29, 1.82) is 0 Å². The minimum atomic E-state index is -4.75. The number of nitrogens with two attached hydrogens (primary N) is 2. The maximum absolute atomic E-state index is 11.1. The van der Waals surface area contributed by atoms with Crippen molar-refractivity contribution < 1.29 is 38.6 Å². The number of primary amides is 1. The normalized spacial score (nSPS) is 28.9. The number of phosphoric acid groups is 1. The third kappa shape index (κ3) is 3.28. The summed E-state index contributed by atoms with van der Waals surface area (Å²) in [6.45, 7) is -0.656. The molecule has 1 aromatic heterocycles. The van der Waals surface area contributed by atoms with E-state index in [1.54, 1.807) is 0 Å². The summed E-state index contributed by atoms with van der Waals surface area (Å²) >= 11 is 0. The average Bonchev–Trinajstić information content (AvgIpc) is 2.90. The van der Waals surface area contributed by atoms with E-state index in [0.29, 0.717) is 0 Å². The van der Waals surface area contributed by atoms with Crippen LogP contribution in [-0.4, -0.2) is 60.4 Å². The van der Waals surface area contributed by atoms with E-state index >= 15 is 0 Å². The van der Waals surface area contributed by atoms with Gasteiger partial charge in [0.25, 0.3) is 5.91 Å². The van der Waals surface area contributed by atoms with Gasteiger partial charge in [-0.15, -0.1) is 0 Å². The van der Waals surface area contributed by atoms with E-state index in [1.165, 1.54) is 0 Å². The van der Waals surface area contributed by atoms with E-state index in [4.69, 9.17) is 26.0 Å². The van der Waals surface area contributed by atoms with Crippen LogP contribution in [0.3, 0.4) is 0 Å². The highest BCUT2D eigenvalue weighted by Crippen LogP contribution is 2.38. The number of rotatable bonds is 5. The van der Waals surface area contributed by atoms with Crippen molar-refractivity contribution in [3.8, 4) is 0 Å². The number of imidazole rings is 1. The van der Waals surface area contributed by atoms with E-state index < -0.39 is 44.9 Å². The molecule has 1 aliphatic heterocycles. The maximum Gasteiger partial charge on any atom is 0.469 e. The smallest absolute Gasteiger partial charge is 0.387 e. The largest absolute Gasteiger partial charge is 0.469 e. The first kappa shape index (κ1) is 16.8. The van der Waals surface area contributed by atoms with Crippen molar-refractivity contribution >= 4 is 19.5 Å². The number of nitrogens with zero attached hydrogens (tertiary/aromatic N) is 2. The van der Waals surface area contributed by atoms with Crippen LogP contribution >= 0.6 is 7.82 Å². The van der Waals surface area contributed by atoms with Crippen LogP contribution < -0.4 is 11.5 Å². The van der Waals surface area contributed by atoms with E-state index in [-0.39, 0.29) is 11.5 Å². The van der Waals surface area contributed by atoms with Gasteiger partial charge in [-0.05, 0) is 0 Å². The van der Waals surface area contributed by atoms with Crippen molar-refractivity contribution in [3.05, 3.63) is 12.0 Å². The van der Waals surface area contributed by atoms with Crippen molar-refractivity contribution in [2.45, 2.75) is 24.5 Å². The third-order valence-corrected chi connectivity index (χ3v) is 3.57. The molecule has 1 aromatic rings. The summed E-state index contributed by atoms with van der Waals surface area (Å²) in [4.78, 5) is 32.0. The lowest BCUT2D eigenvalue weighted by molar-refractivity contribution is -0.0510. The van der Waals surface area contributed by atoms with Gasteiger partial charge in [0.05, 0.1) is 12.9 Å². The first-order valence-corrected chi connectivity index (χ1v) is 7.48. The Kier molecular flexibility index (Phi) is 4.54. The van der Waals surface area contributed by atoms with Crippen LogP contribution in [0.5, 0.6) is 0 Å². The Balaban J connectivity index is 2.16. The first-order chi connectivity index (χ1) is 10.1. The fourth-order valence-corrected chi connectivity index (χ4v) is 2.37. The lowest BCUT2D eigenvalue weighted by Crippen LogP contribution is -2.33. The minimum Gasteiger partial charge on any atom is -0.387 e. The molecule has 2 heterocycles. The molecule has 22 heavy (non-hydrogen) atoms. The molecule has 12 nitrogen and oxygen atoms in total. The summed E-state index contributed by atoms with van der Waals surface area (Å²) in [6, 6.07) is 0. The number of carbonyl (C=O) groups excluding carboxylic acids is 1. The number of hydrogen-bond donors (Lipinski definition) is 6. The van der Waals surface area contributed by atoms with Crippen LogP contribution in [0, 0.1) is 0 Å². The topological polar surface area (TPSA) is 203 Å². The molecule has 2 rings (SSSR count). The van der Waals surface area contributed by atoms with Crippen molar-refractivity contribution in [1.82, 2.24) is 9.55 Å². The van der Waals surface area contributed by atoms with Crippen molar-refractivity contribution in [2.75, 3.05) is 12.3 Å². The SMILES string of the molecule is NC(=O)c1ncn([C@@H]2O[C@H](COP(=O)(O)O)C(O)C2O)c1N. The van der Waals surface area contributed by atoms with Crippen LogP contribution in [0.1, 0.15) is 16.7 Å². The minimum absolute atomic E-state index is 0.180. The van der Waals surface area contributed by atoms with Gasteiger partial charge in [0.15, 0.2) is 11.9 Å². The van der Waals surface area contributed by atoms with Crippen molar-refractivity contribution in [3.63, 3.8) is 0 Å². The molecule has 2 unspecified atom stereocenters. The highest BCUT2D eigenvalue weighted by molar-refractivity contribution is 7.46. The summed E-state index contributed by atoms with van der Waals surface area (Å²) in [7, 11) is -4.75. The number of aliphatic hydroxyl groups is 2. The fraction of sp³-hybridized carbons (Fsp3) is 0.556. The number of aromatic nitrogens is 2. The molecule has 0 bridgehead atoms. The highest BCUT2D eigenvalue weighted by Gasteiger charge is 2.45. The fourth-order valence-electron chi connectivity index (χ4n) is 2.03. The monoisotopic (exact) mass is 338 g/mol. The van der Waals surface area contributed by atoms with E-state index in [2.05, 4.69) is 9.51 Å². The van der Waals surface area contributed by atoms with Crippen LogP contribution in [0.2, 0.25) is 0 Å². The van der Waals surface area contributed by atoms with Gasteiger partial charge >= 0.3 is 7.82 Å². The van der Waals surface area contributed by atoms with Gasteiger partial charge in [0.1, 0.15) is 24.1 Å². The second-order valence-corrected chi connectivity index (χ2v) is 5.82. The zero-order chi connectivity index (χ0) is 16.7. The van der Waals surface area contributed by atoms with E-state index in [1.807, 2.05) is 0 Å². The average molecular weight is 338 g/mol. The van der Waals surface area contributed by atoms with Gasteiger partial charge in [-0.1, -0.05) is 0 Å². The van der Waals surface area contributed by atoms with E-state index in [0.717, 1.165) is 10.9 Å². The predicted molar refractivity (Wildman–Crippen MR) is 69.1 cm³/mol. The third-order valence-electron chi connectivity index (χ3n) is 3.08. The summed E-state index contributed by atoms with van der Waals surface area (Å²) in [5, 5.41) is 19.8. The van der Waals surface area contributed by atoms with Crippen LogP contribution in [0.25, 0.3) is 0 Å². The van der Waals surface area contributed by atoms with E-state index in [9.17, 15) is 19.6 Å². The highest BCUT2D eigenvalue weighted by atomic mass is 31.2. The quantitative estimate of drug-likeness (QED) is 0.306. The zero-order valence-corrected chi connectivity index (χ0v) is 11.9. The number of hydrogen-bond acceptors (Lipinski definition) is 8. The number of amides is 1. The molecule has 13 heteroatoms. The van der Waals surface area contributed by atoms with Crippen LogP contribution in [0.15, 0.2) is 6.33 Å². The maximum atomic E-state index is 11.1. The number of aliphatic hydroxyl groups excluding tert-OH is 2. The number of ether oxygens (including phenoxy) is 1. The molecular weight excluding hydrogens is 323 g/mol. The first-order valence-electron chi connectivity index (χ1n) is 5.95. The van der Waals surface area contributed by atoms with Crippen LogP contribution in [-0.2, 0) is 13.8 Å². The Morgan fingerprint density at radius 2 is 2.09 bits per heavy atom. The van der Waals surface area contributed by atoms with Gasteiger partial charge < -0.3 is 36.2 Å². The Hall–Kier alpha value is -1.53. The molecule has 8 N–H and O–H groups in total. The molecule has 1 saturated heterocycles. The van der Waals surface area contributed by atoms with Crippen LogP contribution in [0.4, 0.5) is 5.82 Å². The Bertz CT molecular complexity index is 615. The second kappa shape index (κ2) is 5.93. The van der Waals surface area contributed by atoms with Gasteiger partial charge in [0, 0.05) is 0 Å². The Morgan fingerprint density at radius 3 is 2.59 bits per heavy atom. The Morgan fingerprint density at radius 1 is 1.45 bits per heavy atom. The molecule has 0 aromatic carbocycles. The number of nitrogen functional groups attached to an aromatic ring is 1. The molecule has 1 fully saturated rings. The number of carbonyl (C=O) groups is 1. The molecule has 1 amide bonds. The summed E-state index contributed by atoms with van der Waals surface area (Å²) in [6.07, 6.45) is -4.33. The van der Waals surface area contributed by atoms with Gasteiger partial charge in [-0.3, -0.25) is 13.9 Å².